The average molecular weight is 487 g/mol. The van der Waals surface area contributed by atoms with Crippen molar-refractivity contribution in [2.24, 2.45) is 34.5 Å². The maximum absolute atomic E-state index is 13.6. The van der Waals surface area contributed by atoms with Gasteiger partial charge in [-0.1, -0.05) is 25.5 Å². The molecule has 3 fully saturated rings. The number of ketones is 2. The van der Waals surface area contributed by atoms with Crippen LogP contribution < -0.4 is 0 Å². The van der Waals surface area contributed by atoms with Crippen LogP contribution in [0, 0.1) is 34.5 Å². The fourth-order valence-corrected chi connectivity index (χ4v) is 7.96. The lowest BCUT2D eigenvalue weighted by Crippen LogP contribution is -2.62. The molecule has 0 aromatic rings. The van der Waals surface area contributed by atoms with E-state index in [1.807, 2.05) is 13.0 Å². The Morgan fingerprint density at radius 3 is 2.43 bits per heavy atom. The zero-order valence-corrected chi connectivity index (χ0v) is 21.1. The van der Waals surface area contributed by atoms with Gasteiger partial charge in [0.05, 0.1) is 13.0 Å². The first-order chi connectivity index (χ1) is 16.4. The lowest BCUT2D eigenvalue weighted by molar-refractivity contribution is -0.197. The first-order valence-corrected chi connectivity index (χ1v) is 12.3. The van der Waals surface area contributed by atoms with Crippen LogP contribution in [0.25, 0.3) is 0 Å². The molecule has 0 radical (unpaired) electrons. The fraction of sp³-hybridized carbons (Fsp3) is 0.667. The summed E-state index contributed by atoms with van der Waals surface area (Å²) in [6, 6.07) is 0. The topological polar surface area (TPSA) is 113 Å². The Labute approximate surface area is 205 Å². The monoisotopic (exact) mass is 486 g/mol. The van der Waals surface area contributed by atoms with Crippen molar-refractivity contribution < 1.29 is 38.2 Å². The molecule has 0 saturated heterocycles. The zero-order valence-electron chi connectivity index (χ0n) is 21.1. The number of hydrogen-bond donors (Lipinski definition) is 0. The minimum absolute atomic E-state index is 0.00145. The molecule has 4 unspecified atom stereocenters. The van der Waals surface area contributed by atoms with Crippen molar-refractivity contribution in [2.75, 3.05) is 13.7 Å². The van der Waals surface area contributed by atoms with Crippen molar-refractivity contribution in [1.29, 1.82) is 0 Å². The molecule has 0 aromatic carbocycles. The number of methoxy groups -OCH3 is 1. The predicted molar refractivity (Wildman–Crippen MR) is 124 cm³/mol. The first kappa shape index (κ1) is 25.3. The van der Waals surface area contributed by atoms with E-state index in [2.05, 4.69) is 6.92 Å². The highest BCUT2D eigenvalue weighted by Gasteiger charge is 2.71. The van der Waals surface area contributed by atoms with Gasteiger partial charge in [-0.25, -0.2) is 0 Å². The SMILES string of the molecule is COC(=O)C1C[C@@]2(C)C(CC[C@]2(OC(C)=O)C(=O)COC(C)=O)C2CCC3=CC(=O)C=C[C@]3(C)C12. The van der Waals surface area contributed by atoms with Crippen molar-refractivity contribution in [2.45, 2.75) is 65.4 Å². The second-order valence-electron chi connectivity index (χ2n) is 10.9. The van der Waals surface area contributed by atoms with Crippen LogP contribution in [0.3, 0.4) is 0 Å². The summed E-state index contributed by atoms with van der Waals surface area (Å²) in [4.78, 5) is 62.6. The maximum atomic E-state index is 13.6. The summed E-state index contributed by atoms with van der Waals surface area (Å²) >= 11 is 0. The van der Waals surface area contributed by atoms with E-state index in [4.69, 9.17) is 14.2 Å². The lowest BCUT2D eigenvalue weighted by atomic mass is 9.44. The number of rotatable bonds is 5. The number of Topliss-reactive ketones (excluding diaryl/α,β-unsaturated/α-hetero) is 1. The average Bonchev–Trinajstić information content (AvgIpc) is 3.09. The quantitative estimate of drug-likeness (QED) is 0.430. The Morgan fingerprint density at radius 1 is 1.09 bits per heavy atom. The smallest absolute Gasteiger partial charge is 0.309 e. The van der Waals surface area contributed by atoms with Crippen LogP contribution in [-0.2, 0) is 38.2 Å². The molecule has 0 bridgehead atoms. The van der Waals surface area contributed by atoms with E-state index >= 15 is 0 Å². The third kappa shape index (κ3) is 3.76. The van der Waals surface area contributed by atoms with Crippen LogP contribution in [0.1, 0.15) is 59.8 Å². The third-order valence-corrected chi connectivity index (χ3v) is 9.32. The summed E-state index contributed by atoms with van der Waals surface area (Å²) in [7, 11) is 1.35. The van der Waals surface area contributed by atoms with Gasteiger partial charge in [0.2, 0.25) is 5.78 Å². The van der Waals surface area contributed by atoms with Crippen LogP contribution >= 0.6 is 0 Å². The van der Waals surface area contributed by atoms with Crippen molar-refractivity contribution in [1.82, 2.24) is 0 Å². The van der Waals surface area contributed by atoms with Gasteiger partial charge in [-0.3, -0.25) is 24.0 Å². The Hall–Kier alpha value is -2.77. The molecule has 8 nitrogen and oxygen atoms in total. The highest BCUT2D eigenvalue weighted by molar-refractivity contribution is 6.01. The van der Waals surface area contributed by atoms with Crippen molar-refractivity contribution in [3.8, 4) is 0 Å². The summed E-state index contributed by atoms with van der Waals surface area (Å²) in [5.41, 5.74) is -1.79. The van der Waals surface area contributed by atoms with E-state index in [1.165, 1.54) is 21.0 Å². The largest absolute Gasteiger partial charge is 0.469 e. The summed E-state index contributed by atoms with van der Waals surface area (Å²) in [5, 5.41) is 0. The fourth-order valence-electron chi connectivity index (χ4n) is 7.96. The Balaban J connectivity index is 1.81. The molecular formula is C27H34O8. The van der Waals surface area contributed by atoms with Crippen LogP contribution in [0.2, 0.25) is 0 Å². The molecular weight excluding hydrogens is 452 g/mol. The summed E-state index contributed by atoms with van der Waals surface area (Å²) in [6.45, 7) is 6.01. The normalized spacial score (nSPS) is 39.5. The van der Waals surface area contributed by atoms with Crippen LogP contribution in [0.15, 0.2) is 23.8 Å². The minimum Gasteiger partial charge on any atom is -0.469 e. The number of esters is 3. The summed E-state index contributed by atoms with van der Waals surface area (Å²) in [6.07, 6.45) is 7.91. The van der Waals surface area contributed by atoms with Gasteiger partial charge in [0.1, 0.15) is 0 Å². The maximum Gasteiger partial charge on any atom is 0.309 e. The summed E-state index contributed by atoms with van der Waals surface area (Å²) in [5.74, 6) is -2.68. The molecule has 35 heavy (non-hydrogen) atoms. The van der Waals surface area contributed by atoms with Gasteiger partial charge in [0.15, 0.2) is 18.0 Å². The van der Waals surface area contributed by atoms with E-state index in [0.29, 0.717) is 12.8 Å². The van der Waals surface area contributed by atoms with Crippen LogP contribution in [0.4, 0.5) is 0 Å². The van der Waals surface area contributed by atoms with E-state index in [0.717, 1.165) is 18.4 Å². The minimum atomic E-state index is -1.49. The number of hydrogen-bond acceptors (Lipinski definition) is 8. The predicted octanol–water partition coefficient (Wildman–Crippen LogP) is 3.13. The zero-order chi connectivity index (χ0) is 25.8. The van der Waals surface area contributed by atoms with Gasteiger partial charge < -0.3 is 14.2 Å². The number of fused-ring (bicyclic) bond motifs is 5. The molecule has 8 heteroatoms. The molecule has 0 N–H and O–H groups in total. The molecule has 4 aliphatic carbocycles. The molecule has 4 aliphatic rings. The molecule has 0 aliphatic heterocycles. The Morgan fingerprint density at radius 2 is 1.80 bits per heavy atom. The van der Waals surface area contributed by atoms with Crippen LogP contribution in [-0.4, -0.2) is 48.8 Å². The first-order valence-electron chi connectivity index (χ1n) is 12.3. The van der Waals surface area contributed by atoms with Crippen molar-refractivity contribution in [3.05, 3.63) is 23.8 Å². The molecule has 4 rings (SSSR count). The second kappa shape index (κ2) is 8.71. The molecule has 190 valence electrons. The van der Waals surface area contributed by atoms with Gasteiger partial charge in [0, 0.05) is 24.7 Å². The number of carbonyl (C=O) groups is 5. The molecule has 7 atom stereocenters. The van der Waals surface area contributed by atoms with Gasteiger partial charge in [-0.15, -0.1) is 0 Å². The molecule has 0 spiro atoms. The standard InChI is InChI=1S/C27H34O8/c1-15(28)34-14-22(31)27(35-16(2)29)11-9-21-19-7-6-17-12-18(30)8-10-25(17,3)23(19)20(24(32)33-5)13-26(21,27)4/h8,10,12,19-21,23H,6-7,9,11,13-14H2,1-5H3/t19?,20?,21?,23?,25-,26-,27-/m0/s1. The van der Waals surface area contributed by atoms with Gasteiger partial charge in [-0.2, -0.15) is 0 Å². The van der Waals surface area contributed by atoms with Gasteiger partial charge in [-0.05, 0) is 62.0 Å². The summed E-state index contributed by atoms with van der Waals surface area (Å²) < 4.78 is 16.1. The lowest BCUT2D eigenvalue weighted by Gasteiger charge is -2.60. The molecule has 0 heterocycles. The van der Waals surface area contributed by atoms with E-state index in [-0.39, 0.29) is 35.9 Å². The van der Waals surface area contributed by atoms with E-state index in [9.17, 15) is 24.0 Å². The highest BCUT2D eigenvalue weighted by atomic mass is 16.6. The van der Waals surface area contributed by atoms with E-state index < -0.39 is 46.7 Å². The van der Waals surface area contributed by atoms with Crippen LogP contribution in [0.5, 0.6) is 0 Å². The Kier molecular flexibility index (Phi) is 6.31. The number of ether oxygens (including phenoxy) is 3. The van der Waals surface area contributed by atoms with Crippen molar-refractivity contribution >= 4 is 29.5 Å². The molecule has 0 aromatic heterocycles. The highest BCUT2D eigenvalue weighted by Crippen LogP contribution is 2.69. The third-order valence-electron chi connectivity index (χ3n) is 9.32. The van der Waals surface area contributed by atoms with Crippen molar-refractivity contribution in [3.63, 3.8) is 0 Å². The number of carbonyl (C=O) groups excluding carboxylic acids is 5. The Bertz CT molecular complexity index is 1040. The van der Waals surface area contributed by atoms with Gasteiger partial charge in [0.25, 0.3) is 0 Å². The second-order valence-corrected chi connectivity index (χ2v) is 10.9. The number of allylic oxidation sites excluding steroid dienone is 4. The molecule has 0 amide bonds. The molecule has 3 saturated carbocycles. The van der Waals surface area contributed by atoms with Gasteiger partial charge >= 0.3 is 17.9 Å². The van der Waals surface area contributed by atoms with E-state index in [1.54, 1.807) is 12.2 Å².